The number of aryl methyl sites for hydroxylation is 2. The number of rotatable bonds is 12. The predicted molar refractivity (Wildman–Crippen MR) is 164 cm³/mol. The van der Waals surface area contributed by atoms with Gasteiger partial charge in [-0.2, -0.15) is 9.36 Å². The number of hydrogen-bond donors (Lipinski definition) is 4. The average Bonchev–Trinajstić information content (AvgIpc) is 3.36. The predicted octanol–water partition coefficient (Wildman–Crippen LogP) is 2.41. The van der Waals surface area contributed by atoms with Crippen molar-refractivity contribution in [3.05, 3.63) is 82.4 Å². The number of aromatic nitrogens is 5. The molecule has 2 aromatic carbocycles. The van der Waals surface area contributed by atoms with Gasteiger partial charge in [0.15, 0.2) is 0 Å². The van der Waals surface area contributed by atoms with Crippen molar-refractivity contribution < 1.29 is 18.3 Å². The van der Waals surface area contributed by atoms with Crippen molar-refractivity contribution in [3.63, 3.8) is 0 Å². The van der Waals surface area contributed by atoms with Crippen LogP contribution in [-0.2, 0) is 23.0 Å². The number of sulfonamides is 1. The summed E-state index contributed by atoms with van der Waals surface area (Å²) in [7, 11) is -3.87. The molecule has 3 heterocycles. The Morgan fingerprint density at radius 3 is 2.61 bits per heavy atom. The Bertz CT molecular complexity index is 1750. The van der Waals surface area contributed by atoms with Crippen LogP contribution >= 0.6 is 0 Å². The molecule has 1 aliphatic heterocycles. The Balaban J connectivity index is 1.03. The third-order valence-corrected chi connectivity index (χ3v) is 9.63. The summed E-state index contributed by atoms with van der Waals surface area (Å²) in [6.07, 6.45) is 6.64. The van der Waals surface area contributed by atoms with Crippen LogP contribution < -0.4 is 26.2 Å². The van der Waals surface area contributed by atoms with Gasteiger partial charge in [0.1, 0.15) is 17.7 Å². The van der Waals surface area contributed by atoms with Gasteiger partial charge in [-0.15, -0.1) is 0 Å². The van der Waals surface area contributed by atoms with Crippen LogP contribution in [0.25, 0.3) is 5.69 Å². The monoisotopic (exact) mass is 620 g/mol. The summed E-state index contributed by atoms with van der Waals surface area (Å²) in [5.41, 5.74) is 7.63. The third-order valence-electron chi connectivity index (χ3n) is 8.25. The maximum Gasteiger partial charge on any atom is 0.368 e. The van der Waals surface area contributed by atoms with Crippen LogP contribution in [0.1, 0.15) is 49.3 Å². The molecule has 1 fully saturated rings. The molecule has 1 saturated carbocycles. The molecular formula is C30H36N8O5S. The zero-order valence-electron chi connectivity index (χ0n) is 24.2. The molecule has 2 aliphatic rings. The molecule has 2 atom stereocenters. The lowest BCUT2D eigenvalue weighted by atomic mass is 9.83. The van der Waals surface area contributed by atoms with Gasteiger partial charge < -0.3 is 20.9 Å². The second-order valence-corrected chi connectivity index (χ2v) is 13.1. The minimum atomic E-state index is -3.87. The molecule has 0 amide bonds. The van der Waals surface area contributed by atoms with Gasteiger partial charge in [-0.1, -0.05) is 25.3 Å². The molecule has 4 aromatic rings. The number of aliphatic hydroxyl groups is 1. The van der Waals surface area contributed by atoms with Gasteiger partial charge >= 0.3 is 5.69 Å². The molecule has 2 aromatic heterocycles. The molecule has 14 heteroatoms. The number of hydrogen-bond acceptors (Lipinski definition) is 10. The van der Waals surface area contributed by atoms with E-state index in [1.54, 1.807) is 54.7 Å². The second-order valence-electron chi connectivity index (χ2n) is 11.4. The molecule has 1 aliphatic carbocycles. The van der Waals surface area contributed by atoms with E-state index in [1.165, 1.54) is 34.7 Å². The number of anilines is 2. The fourth-order valence-corrected chi connectivity index (χ4v) is 6.50. The maximum atomic E-state index is 13.2. The Kier molecular flexibility index (Phi) is 8.64. The molecule has 44 heavy (non-hydrogen) atoms. The van der Waals surface area contributed by atoms with Gasteiger partial charge in [0, 0.05) is 37.1 Å². The first kappa shape index (κ1) is 29.8. The first-order valence-corrected chi connectivity index (χ1v) is 16.3. The molecule has 13 nitrogen and oxygen atoms in total. The van der Waals surface area contributed by atoms with Gasteiger partial charge in [-0.05, 0) is 89.7 Å². The minimum Gasteiger partial charge on any atom is -0.489 e. The summed E-state index contributed by atoms with van der Waals surface area (Å²) in [4.78, 5) is 16.9. The van der Waals surface area contributed by atoms with E-state index >= 15 is 0 Å². The molecule has 6 rings (SSSR count). The summed E-state index contributed by atoms with van der Waals surface area (Å²) in [6.45, 7) is 1.40. The lowest BCUT2D eigenvalue weighted by Gasteiger charge is -2.27. The van der Waals surface area contributed by atoms with Crippen LogP contribution in [-0.4, -0.2) is 57.5 Å². The van der Waals surface area contributed by atoms with Crippen molar-refractivity contribution in [2.45, 2.75) is 62.2 Å². The molecule has 0 radical (unpaired) electrons. The standard InChI is InChI=1S/C30H36N8O5S/c31-29-13-5-22(17-33-29)27(39)19-32-18-25-10-4-21-16-26(11-12-28(21)43-25)44(41,42)34-23-6-8-24(9-7-23)38-30(40)37(35-36-38)15-14-20-2-1-3-20/h5-9,11-13,16-17,20,25,27,32,34,39H,1-4,10,14-15,18-19H2,(H2,31,33). The first-order valence-electron chi connectivity index (χ1n) is 14.8. The SMILES string of the molecule is Nc1ccc(C(O)CNCC2CCc3cc(S(=O)(=O)Nc4ccc(-n5nnn(CCC6CCC6)c5=O)cc4)ccc3O2)cn1. The number of fused-ring (bicyclic) bond motifs is 1. The normalized spacial score (nSPS) is 17.3. The largest absolute Gasteiger partial charge is 0.489 e. The van der Waals surface area contributed by atoms with Crippen LogP contribution in [0.2, 0.25) is 0 Å². The summed E-state index contributed by atoms with van der Waals surface area (Å²) in [6, 6.07) is 14.7. The quantitative estimate of drug-likeness (QED) is 0.184. The second kappa shape index (κ2) is 12.8. The smallest absolute Gasteiger partial charge is 0.368 e. The highest BCUT2D eigenvalue weighted by atomic mass is 32.2. The molecule has 232 valence electrons. The average molecular weight is 621 g/mol. The van der Waals surface area contributed by atoms with Gasteiger partial charge in [0.05, 0.1) is 16.7 Å². The fraction of sp³-hybridized carbons (Fsp3) is 0.400. The third kappa shape index (κ3) is 6.77. The highest BCUT2D eigenvalue weighted by Gasteiger charge is 2.24. The summed E-state index contributed by atoms with van der Waals surface area (Å²) in [5, 5.41) is 21.6. The number of pyridine rings is 1. The molecular weight excluding hydrogens is 584 g/mol. The van der Waals surface area contributed by atoms with Crippen molar-refractivity contribution in [2.75, 3.05) is 23.5 Å². The number of aliphatic hydroxyl groups excluding tert-OH is 1. The Morgan fingerprint density at radius 1 is 1.07 bits per heavy atom. The van der Waals surface area contributed by atoms with Crippen LogP contribution in [0.5, 0.6) is 5.75 Å². The van der Waals surface area contributed by atoms with Crippen molar-refractivity contribution in [1.29, 1.82) is 0 Å². The van der Waals surface area contributed by atoms with E-state index < -0.39 is 16.1 Å². The van der Waals surface area contributed by atoms with Crippen LogP contribution in [0.15, 0.2) is 70.5 Å². The van der Waals surface area contributed by atoms with E-state index in [9.17, 15) is 18.3 Å². The molecule has 0 saturated heterocycles. The van der Waals surface area contributed by atoms with E-state index in [1.807, 2.05) is 0 Å². The number of nitrogens with zero attached hydrogens (tertiary/aromatic N) is 5. The van der Waals surface area contributed by atoms with Crippen LogP contribution in [0.4, 0.5) is 11.5 Å². The van der Waals surface area contributed by atoms with E-state index in [2.05, 4.69) is 25.4 Å². The van der Waals surface area contributed by atoms with Crippen LogP contribution in [0.3, 0.4) is 0 Å². The highest BCUT2D eigenvalue weighted by Crippen LogP contribution is 2.31. The van der Waals surface area contributed by atoms with Crippen molar-refractivity contribution in [2.24, 2.45) is 5.92 Å². The molecule has 0 bridgehead atoms. The van der Waals surface area contributed by atoms with Crippen LogP contribution in [0, 0.1) is 5.92 Å². The highest BCUT2D eigenvalue weighted by molar-refractivity contribution is 7.92. The van der Waals surface area contributed by atoms with Gasteiger partial charge in [0.25, 0.3) is 10.0 Å². The number of nitrogens with two attached hydrogens (primary N) is 1. The van der Waals surface area contributed by atoms with Crippen molar-refractivity contribution in [3.8, 4) is 11.4 Å². The van der Waals surface area contributed by atoms with Gasteiger partial charge in [0.2, 0.25) is 0 Å². The minimum absolute atomic E-state index is 0.116. The topological polar surface area (TPSA) is 179 Å². The molecule has 2 unspecified atom stereocenters. The number of nitrogen functional groups attached to an aromatic ring is 1. The number of benzene rings is 2. The summed E-state index contributed by atoms with van der Waals surface area (Å²) >= 11 is 0. The lowest BCUT2D eigenvalue weighted by Crippen LogP contribution is -2.36. The number of tetrazole rings is 1. The molecule has 0 spiro atoms. The van der Waals surface area contributed by atoms with Crippen molar-refractivity contribution in [1.82, 2.24) is 30.1 Å². The van der Waals surface area contributed by atoms with E-state index in [4.69, 9.17) is 10.5 Å². The number of nitrogens with one attached hydrogen (secondary N) is 2. The fourth-order valence-electron chi connectivity index (χ4n) is 5.39. The zero-order chi connectivity index (χ0) is 30.7. The summed E-state index contributed by atoms with van der Waals surface area (Å²) < 4.78 is 37.7. The Morgan fingerprint density at radius 2 is 1.89 bits per heavy atom. The maximum absolute atomic E-state index is 13.2. The van der Waals surface area contributed by atoms with E-state index in [0.29, 0.717) is 66.9 Å². The van der Waals surface area contributed by atoms with E-state index in [-0.39, 0.29) is 16.7 Å². The lowest BCUT2D eigenvalue weighted by molar-refractivity contribution is 0.146. The number of ether oxygens (including phenoxy) is 1. The van der Waals surface area contributed by atoms with Gasteiger partial charge in [-0.3, -0.25) is 4.72 Å². The first-order chi connectivity index (χ1) is 21.2. The van der Waals surface area contributed by atoms with Gasteiger partial charge in [-0.25, -0.2) is 18.2 Å². The Hall–Kier alpha value is -4.27. The molecule has 5 N–H and O–H groups in total. The van der Waals surface area contributed by atoms with Crippen molar-refractivity contribution >= 4 is 21.5 Å². The summed E-state index contributed by atoms with van der Waals surface area (Å²) in [5.74, 6) is 1.70. The zero-order valence-corrected chi connectivity index (χ0v) is 25.0. The van der Waals surface area contributed by atoms with E-state index in [0.717, 1.165) is 12.0 Å². The Labute approximate surface area is 255 Å².